The molecule has 0 amide bonds. The van der Waals surface area contributed by atoms with E-state index in [9.17, 15) is 4.79 Å². The first-order chi connectivity index (χ1) is 12.2. The van der Waals surface area contributed by atoms with E-state index in [0.29, 0.717) is 5.57 Å². The fourth-order valence-corrected chi connectivity index (χ4v) is 11.5. The molecule has 0 aliphatic rings. The van der Waals surface area contributed by atoms with E-state index in [1.54, 1.807) is 14.0 Å². The van der Waals surface area contributed by atoms with Crippen molar-refractivity contribution in [3.63, 3.8) is 0 Å². The first-order valence-electron chi connectivity index (χ1n) is 9.85. The van der Waals surface area contributed by atoms with Gasteiger partial charge in [-0.25, -0.2) is 4.79 Å². The minimum atomic E-state index is -2.37. The lowest BCUT2D eigenvalue weighted by Gasteiger charge is -2.36. The number of esters is 1. The van der Waals surface area contributed by atoms with Gasteiger partial charge in [0.15, 0.2) is 16.6 Å². The summed E-state index contributed by atoms with van der Waals surface area (Å²) in [6.07, 6.45) is 0. The molecule has 8 heteroatoms. The van der Waals surface area contributed by atoms with Crippen molar-refractivity contribution in [1.82, 2.24) is 0 Å². The van der Waals surface area contributed by atoms with Gasteiger partial charge in [0, 0.05) is 19.2 Å². The lowest BCUT2D eigenvalue weighted by Crippen LogP contribution is -2.54. The van der Waals surface area contributed by atoms with Gasteiger partial charge in [0.05, 0.1) is 7.11 Å². The largest absolute Gasteiger partial charge is 0.476 e. The molecule has 0 saturated heterocycles. The van der Waals surface area contributed by atoms with Crippen molar-refractivity contribution < 1.29 is 22.2 Å². The Bertz CT molecular complexity index is 332. The molecule has 168 valence electrons. The maximum absolute atomic E-state index is 10.2. The van der Waals surface area contributed by atoms with Crippen molar-refractivity contribution >= 4 is 31.4 Å². The second-order valence-electron chi connectivity index (χ2n) is 6.77. The Labute approximate surface area is 174 Å². The van der Waals surface area contributed by atoms with Crippen LogP contribution < -0.4 is 0 Å². The van der Waals surface area contributed by atoms with Crippen LogP contribution in [0.4, 0.5) is 0 Å². The highest BCUT2D eigenvalue weighted by molar-refractivity contribution is 6.85. The minimum Gasteiger partial charge on any atom is -0.466 e. The van der Waals surface area contributed by atoms with Gasteiger partial charge < -0.3 is 17.4 Å². The molecule has 0 N–H and O–H groups in total. The van der Waals surface area contributed by atoms with Crippen molar-refractivity contribution in [3.8, 4) is 0 Å². The summed E-state index contributed by atoms with van der Waals surface area (Å²) in [4.78, 5) is 10.2. The zero-order chi connectivity index (χ0) is 23.5. The third-order valence-electron chi connectivity index (χ3n) is 1.89. The lowest BCUT2D eigenvalue weighted by molar-refractivity contribution is -0.136. The molecule has 0 aromatic heterocycles. The van der Waals surface area contributed by atoms with Gasteiger partial charge in [-0.05, 0) is 46.2 Å². The summed E-state index contributed by atoms with van der Waals surface area (Å²) in [6.45, 7) is 31.9. The van der Waals surface area contributed by atoms with Gasteiger partial charge in [-0.2, -0.15) is 0 Å². The third-order valence-corrected chi connectivity index (χ3v) is 10.5. The van der Waals surface area contributed by atoms with Crippen molar-refractivity contribution in [1.29, 1.82) is 0 Å². The highest BCUT2D eigenvalue weighted by atomic mass is 28.5. The Morgan fingerprint density at radius 2 is 0.963 bits per heavy atom. The second-order valence-corrected chi connectivity index (χ2v) is 19.0. The monoisotopic (exact) mass is 442 g/mol. The molecule has 0 atom stereocenters. The van der Waals surface area contributed by atoms with Crippen LogP contribution in [0.25, 0.3) is 0 Å². The standard InChI is InChI=1S/C8H24O3Si3.C5H8O2.3C2H6/c1-9-14(8,10-12(2,3)4)11-13(5,6)7;1-4(2)5(6)7-3;3*1-2/h1-8H3;1H2,2-3H3;3*1-2H3. The average molecular weight is 443 g/mol. The van der Waals surface area contributed by atoms with Crippen LogP contribution in [-0.2, 0) is 22.2 Å². The topological polar surface area (TPSA) is 54.0 Å². The highest BCUT2D eigenvalue weighted by Crippen LogP contribution is 2.20. The molecule has 0 saturated carbocycles. The van der Waals surface area contributed by atoms with E-state index >= 15 is 0 Å². The van der Waals surface area contributed by atoms with Crippen LogP contribution in [0.5, 0.6) is 0 Å². The number of carbonyl (C=O) groups excluding carboxylic acids is 1. The van der Waals surface area contributed by atoms with E-state index in [1.165, 1.54) is 7.11 Å². The number of hydrogen-bond acceptors (Lipinski definition) is 5. The van der Waals surface area contributed by atoms with Crippen LogP contribution in [0.2, 0.25) is 45.8 Å². The quantitative estimate of drug-likeness (QED) is 0.259. The van der Waals surface area contributed by atoms with Gasteiger partial charge in [-0.3, -0.25) is 0 Å². The molecule has 0 spiro atoms. The Balaban J connectivity index is -0.000000104. The zero-order valence-electron chi connectivity index (χ0n) is 21.2. The molecular formula is C19H50O5Si3. The molecule has 0 aliphatic heterocycles. The molecule has 0 rings (SSSR count). The van der Waals surface area contributed by atoms with Crippen molar-refractivity contribution in [2.24, 2.45) is 0 Å². The van der Waals surface area contributed by atoms with E-state index in [1.807, 2.05) is 48.1 Å². The van der Waals surface area contributed by atoms with E-state index in [2.05, 4.69) is 50.6 Å². The predicted octanol–water partition coefficient (Wildman–Crippen LogP) is 6.72. The summed E-state index contributed by atoms with van der Waals surface area (Å²) < 4.78 is 21.8. The minimum absolute atomic E-state index is 0.347. The molecule has 0 aromatic rings. The highest BCUT2D eigenvalue weighted by Gasteiger charge is 2.41. The molecule has 27 heavy (non-hydrogen) atoms. The van der Waals surface area contributed by atoms with E-state index < -0.39 is 25.4 Å². The Hall–Kier alpha value is -0.259. The molecule has 5 nitrogen and oxygen atoms in total. The molecule has 0 bridgehead atoms. The Kier molecular flexibility index (Phi) is 28.4. The summed E-state index contributed by atoms with van der Waals surface area (Å²) in [5, 5.41) is 0. The van der Waals surface area contributed by atoms with Crippen LogP contribution in [0, 0.1) is 0 Å². The zero-order valence-corrected chi connectivity index (χ0v) is 24.2. The number of ether oxygens (including phenoxy) is 1. The van der Waals surface area contributed by atoms with Gasteiger partial charge >= 0.3 is 14.8 Å². The predicted molar refractivity (Wildman–Crippen MR) is 128 cm³/mol. The Morgan fingerprint density at radius 1 is 0.704 bits per heavy atom. The number of carbonyl (C=O) groups is 1. The van der Waals surface area contributed by atoms with Crippen molar-refractivity contribution in [3.05, 3.63) is 12.2 Å². The van der Waals surface area contributed by atoms with E-state index in [-0.39, 0.29) is 5.97 Å². The molecule has 0 aromatic carbocycles. The molecule has 0 fully saturated rings. The Morgan fingerprint density at radius 3 is 1.04 bits per heavy atom. The van der Waals surface area contributed by atoms with Crippen molar-refractivity contribution in [2.45, 2.75) is 94.3 Å². The molecule has 0 unspecified atom stereocenters. The van der Waals surface area contributed by atoms with Gasteiger partial charge in [0.2, 0.25) is 0 Å². The first-order valence-corrected chi connectivity index (χ1v) is 18.9. The summed E-state index contributed by atoms with van der Waals surface area (Å²) in [5.41, 5.74) is 0.433. The molecule has 0 heterocycles. The SMILES string of the molecule is C=C(C)C(=O)OC.CC.CC.CC.CO[Si](C)(O[Si](C)(C)C)O[Si](C)(C)C. The average Bonchev–Trinajstić information content (AvgIpc) is 2.56. The molecular weight excluding hydrogens is 392 g/mol. The van der Waals surface area contributed by atoms with Gasteiger partial charge in [-0.15, -0.1) is 0 Å². The van der Waals surface area contributed by atoms with Gasteiger partial charge in [0.25, 0.3) is 0 Å². The van der Waals surface area contributed by atoms with Crippen LogP contribution in [0.1, 0.15) is 48.5 Å². The normalized spacial score (nSPS) is 10.2. The van der Waals surface area contributed by atoms with Crippen LogP contribution in [0.3, 0.4) is 0 Å². The summed E-state index contributed by atoms with van der Waals surface area (Å²) in [6, 6.07) is 0. The molecule has 0 radical (unpaired) electrons. The lowest BCUT2D eigenvalue weighted by atomic mass is 10.4. The van der Waals surface area contributed by atoms with Crippen LogP contribution >= 0.6 is 0 Å². The maximum Gasteiger partial charge on any atom is 0.476 e. The fraction of sp³-hybridized carbons (Fsp3) is 0.842. The number of hydrogen-bond donors (Lipinski definition) is 0. The summed E-state index contributed by atoms with van der Waals surface area (Å²) >= 11 is 0. The van der Waals surface area contributed by atoms with Gasteiger partial charge in [0.1, 0.15) is 0 Å². The second kappa shape index (κ2) is 20.5. The first kappa shape index (κ1) is 37.5. The van der Waals surface area contributed by atoms with Crippen LogP contribution in [-0.4, -0.2) is 45.6 Å². The van der Waals surface area contributed by atoms with E-state index in [4.69, 9.17) is 12.7 Å². The number of methoxy groups -OCH3 is 1. The fourth-order valence-electron chi connectivity index (χ4n) is 1.39. The molecule has 0 aliphatic carbocycles. The third kappa shape index (κ3) is 33.7. The van der Waals surface area contributed by atoms with Crippen molar-refractivity contribution in [2.75, 3.05) is 14.2 Å². The van der Waals surface area contributed by atoms with Gasteiger partial charge in [-0.1, -0.05) is 48.1 Å². The smallest absolute Gasteiger partial charge is 0.466 e. The summed E-state index contributed by atoms with van der Waals surface area (Å²) in [5.74, 6) is -0.347. The van der Waals surface area contributed by atoms with E-state index in [0.717, 1.165) is 0 Å². The number of rotatable bonds is 6. The maximum atomic E-state index is 10.2. The van der Waals surface area contributed by atoms with Crippen LogP contribution in [0.15, 0.2) is 12.2 Å². The summed E-state index contributed by atoms with van der Waals surface area (Å²) in [7, 11) is -2.51.